The molecule has 1 aliphatic rings. The number of carbonyl (C=O) groups is 1. The number of aliphatic hydroxyl groups excluding tert-OH is 1. The first kappa shape index (κ1) is 15.8. The fourth-order valence-electron chi connectivity index (χ4n) is 2.67. The molecule has 0 aromatic heterocycles. The molecule has 0 spiro atoms. The van der Waals surface area contributed by atoms with Crippen molar-refractivity contribution >= 4 is 17.6 Å². The summed E-state index contributed by atoms with van der Waals surface area (Å²) in [5, 5.41) is 10.0. The van der Waals surface area contributed by atoms with Gasteiger partial charge in [0.15, 0.2) is 6.10 Å². The average molecular weight is 277 g/mol. The molecule has 1 aliphatic carbocycles. The Hall–Kier alpha value is -0.280. The number of halogens is 1. The third kappa shape index (κ3) is 3.61. The first-order valence-electron chi connectivity index (χ1n) is 6.74. The van der Waals surface area contributed by atoms with E-state index < -0.39 is 16.9 Å². The molecule has 1 rings (SSSR count). The third-order valence-electron chi connectivity index (χ3n) is 4.04. The van der Waals surface area contributed by atoms with Gasteiger partial charge < -0.3 is 9.84 Å². The predicted molar refractivity (Wildman–Crippen MR) is 72.6 cm³/mol. The smallest absolute Gasteiger partial charge is 0.336 e. The Morgan fingerprint density at radius 2 is 1.94 bits per heavy atom. The van der Waals surface area contributed by atoms with Gasteiger partial charge in [-0.2, -0.15) is 0 Å². The second-order valence-electron chi connectivity index (χ2n) is 6.33. The highest BCUT2D eigenvalue weighted by Gasteiger charge is 2.45. The molecule has 0 amide bonds. The Morgan fingerprint density at radius 3 is 2.33 bits per heavy atom. The van der Waals surface area contributed by atoms with Crippen LogP contribution < -0.4 is 0 Å². The molecule has 4 heteroatoms. The standard InChI is InChI=1S/C14H25ClO3/c1-5-18-12(17)11(16)14(15)8-6-10(7-9-14)13(2,3)4/h10-11,16H,5-9H2,1-4H3/t10?,11-,14?/m0/s1. The number of hydrogen-bond acceptors (Lipinski definition) is 3. The van der Waals surface area contributed by atoms with Crippen LogP contribution in [0.5, 0.6) is 0 Å². The van der Waals surface area contributed by atoms with E-state index >= 15 is 0 Å². The van der Waals surface area contributed by atoms with Crippen LogP contribution in [0.2, 0.25) is 0 Å². The lowest BCUT2D eigenvalue weighted by atomic mass is 9.68. The normalized spacial score (nSPS) is 30.9. The summed E-state index contributed by atoms with van der Waals surface area (Å²) in [7, 11) is 0. The van der Waals surface area contributed by atoms with Crippen LogP contribution in [0.1, 0.15) is 53.4 Å². The summed E-state index contributed by atoms with van der Waals surface area (Å²) in [4.78, 5) is 10.7. The molecule has 1 saturated carbocycles. The van der Waals surface area contributed by atoms with Crippen LogP contribution in [0.4, 0.5) is 0 Å². The molecule has 1 atom stereocenters. The maximum atomic E-state index is 11.6. The van der Waals surface area contributed by atoms with E-state index in [1.807, 2.05) is 0 Å². The molecule has 1 fully saturated rings. The van der Waals surface area contributed by atoms with Gasteiger partial charge in [0.05, 0.1) is 11.5 Å². The van der Waals surface area contributed by atoms with E-state index in [-0.39, 0.29) is 12.0 Å². The average Bonchev–Trinajstić information content (AvgIpc) is 2.27. The van der Waals surface area contributed by atoms with Crippen molar-refractivity contribution in [2.45, 2.75) is 64.4 Å². The Labute approximate surface area is 115 Å². The SMILES string of the molecule is CCOC(=O)[C@H](O)C1(Cl)CCC(C(C)(C)C)CC1. The molecule has 106 valence electrons. The summed E-state index contributed by atoms with van der Waals surface area (Å²) in [6.45, 7) is 8.66. The van der Waals surface area contributed by atoms with E-state index in [0.29, 0.717) is 18.8 Å². The van der Waals surface area contributed by atoms with Crippen molar-refractivity contribution in [2.24, 2.45) is 11.3 Å². The Kier molecular flexibility index (Phi) is 5.07. The van der Waals surface area contributed by atoms with Crippen LogP contribution in [-0.2, 0) is 9.53 Å². The molecule has 0 bridgehead atoms. The van der Waals surface area contributed by atoms with Gasteiger partial charge in [-0.3, -0.25) is 0 Å². The molecule has 0 unspecified atom stereocenters. The van der Waals surface area contributed by atoms with Gasteiger partial charge >= 0.3 is 5.97 Å². The van der Waals surface area contributed by atoms with Crippen molar-refractivity contribution in [1.82, 2.24) is 0 Å². The minimum absolute atomic E-state index is 0.257. The van der Waals surface area contributed by atoms with Crippen molar-refractivity contribution in [3.63, 3.8) is 0 Å². The van der Waals surface area contributed by atoms with Crippen LogP contribution in [0.15, 0.2) is 0 Å². The lowest BCUT2D eigenvalue weighted by Gasteiger charge is -2.42. The molecule has 0 heterocycles. The van der Waals surface area contributed by atoms with Crippen LogP contribution >= 0.6 is 11.6 Å². The van der Waals surface area contributed by atoms with Crippen molar-refractivity contribution in [2.75, 3.05) is 6.61 Å². The Morgan fingerprint density at radius 1 is 1.44 bits per heavy atom. The topological polar surface area (TPSA) is 46.5 Å². The zero-order chi connectivity index (χ0) is 14.0. The monoisotopic (exact) mass is 276 g/mol. The highest BCUT2D eigenvalue weighted by Crippen LogP contribution is 2.45. The molecule has 0 saturated heterocycles. The quantitative estimate of drug-likeness (QED) is 0.636. The number of hydrogen-bond donors (Lipinski definition) is 1. The van der Waals surface area contributed by atoms with E-state index in [4.69, 9.17) is 16.3 Å². The Bertz CT molecular complexity index is 288. The minimum atomic E-state index is -1.21. The maximum absolute atomic E-state index is 11.6. The number of aliphatic hydroxyl groups is 1. The van der Waals surface area contributed by atoms with Crippen LogP contribution in [0, 0.1) is 11.3 Å². The van der Waals surface area contributed by atoms with Crippen molar-refractivity contribution in [3.8, 4) is 0 Å². The summed E-state index contributed by atoms with van der Waals surface area (Å²) in [5.41, 5.74) is 0.257. The molecule has 0 aromatic rings. The van der Waals surface area contributed by atoms with E-state index in [0.717, 1.165) is 12.8 Å². The van der Waals surface area contributed by atoms with Gasteiger partial charge in [0.1, 0.15) is 0 Å². The summed E-state index contributed by atoms with van der Waals surface area (Å²) in [5.74, 6) is 0.000444. The molecule has 0 radical (unpaired) electrons. The van der Waals surface area contributed by atoms with E-state index in [1.165, 1.54) is 0 Å². The summed E-state index contributed by atoms with van der Waals surface area (Å²) < 4.78 is 4.84. The summed E-state index contributed by atoms with van der Waals surface area (Å²) in [6, 6.07) is 0. The first-order chi connectivity index (χ1) is 8.20. The van der Waals surface area contributed by atoms with Gasteiger partial charge in [-0.1, -0.05) is 20.8 Å². The first-order valence-corrected chi connectivity index (χ1v) is 7.12. The fourth-order valence-corrected chi connectivity index (χ4v) is 2.98. The molecule has 1 N–H and O–H groups in total. The highest BCUT2D eigenvalue weighted by molar-refractivity contribution is 6.25. The summed E-state index contributed by atoms with van der Waals surface area (Å²) in [6.07, 6.45) is 2.01. The minimum Gasteiger partial charge on any atom is -0.464 e. The van der Waals surface area contributed by atoms with E-state index in [1.54, 1.807) is 6.92 Å². The summed E-state index contributed by atoms with van der Waals surface area (Å²) >= 11 is 6.42. The largest absolute Gasteiger partial charge is 0.464 e. The second kappa shape index (κ2) is 5.79. The second-order valence-corrected chi connectivity index (χ2v) is 7.08. The van der Waals surface area contributed by atoms with Gasteiger partial charge in [-0.15, -0.1) is 11.6 Å². The van der Waals surface area contributed by atoms with Crippen LogP contribution in [0.25, 0.3) is 0 Å². The third-order valence-corrected chi connectivity index (χ3v) is 4.63. The number of carbonyl (C=O) groups excluding carboxylic acids is 1. The van der Waals surface area contributed by atoms with Crippen molar-refractivity contribution in [1.29, 1.82) is 0 Å². The van der Waals surface area contributed by atoms with Gasteiger partial charge in [-0.05, 0) is 43.9 Å². The number of esters is 1. The van der Waals surface area contributed by atoms with Crippen LogP contribution in [0.3, 0.4) is 0 Å². The van der Waals surface area contributed by atoms with Gasteiger partial charge in [0, 0.05) is 0 Å². The molecular weight excluding hydrogens is 252 g/mol. The lowest BCUT2D eigenvalue weighted by molar-refractivity contribution is -0.155. The van der Waals surface area contributed by atoms with Gasteiger partial charge in [0.25, 0.3) is 0 Å². The lowest BCUT2D eigenvalue weighted by Crippen LogP contribution is -2.47. The van der Waals surface area contributed by atoms with Crippen molar-refractivity contribution < 1.29 is 14.6 Å². The Balaban J connectivity index is 2.61. The number of rotatable bonds is 3. The molecule has 18 heavy (non-hydrogen) atoms. The molecule has 0 aromatic carbocycles. The van der Waals surface area contributed by atoms with E-state index in [2.05, 4.69) is 20.8 Å². The van der Waals surface area contributed by atoms with Gasteiger partial charge in [-0.25, -0.2) is 4.79 Å². The van der Waals surface area contributed by atoms with Crippen LogP contribution in [-0.4, -0.2) is 28.7 Å². The van der Waals surface area contributed by atoms with E-state index in [9.17, 15) is 9.90 Å². The number of alkyl halides is 1. The number of ether oxygens (including phenoxy) is 1. The van der Waals surface area contributed by atoms with Crippen molar-refractivity contribution in [3.05, 3.63) is 0 Å². The molecular formula is C14H25ClO3. The highest BCUT2D eigenvalue weighted by atomic mass is 35.5. The maximum Gasteiger partial charge on any atom is 0.336 e. The zero-order valence-electron chi connectivity index (χ0n) is 11.8. The molecule has 0 aliphatic heterocycles. The fraction of sp³-hybridized carbons (Fsp3) is 0.929. The van der Waals surface area contributed by atoms with Gasteiger partial charge in [0.2, 0.25) is 0 Å². The zero-order valence-corrected chi connectivity index (χ0v) is 12.6. The predicted octanol–water partition coefficient (Wildman–Crippen LogP) is 3.12. The molecule has 3 nitrogen and oxygen atoms in total.